The van der Waals surface area contributed by atoms with Crippen molar-refractivity contribution in [3.63, 3.8) is 0 Å². The zero-order valence-electron chi connectivity index (χ0n) is 6.07. The van der Waals surface area contributed by atoms with E-state index in [0.717, 1.165) is 5.69 Å². The predicted octanol–water partition coefficient (Wildman–Crippen LogP) is 0.577. The zero-order chi connectivity index (χ0) is 7.56. The molecule has 0 aromatic carbocycles. The summed E-state index contributed by atoms with van der Waals surface area (Å²) < 4.78 is 0. The molecule has 1 aromatic rings. The monoisotopic (exact) mass is 138 g/mol. The average molecular weight is 138 g/mol. The fraction of sp³-hybridized carbons (Fsp3) is 0.500. The molecule has 0 amide bonds. The summed E-state index contributed by atoms with van der Waals surface area (Å²) in [6.07, 6.45) is 1.41. The van der Waals surface area contributed by atoms with Gasteiger partial charge in [-0.15, -0.1) is 10.2 Å². The summed E-state index contributed by atoms with van der Waals surface area (Å²) in [7, 11) is 0. The average Bonchev–Trinajstić information content (AvgIpc) is 1.88. The number of rotatable bonds is 1. The van der Waals surface area contributed by atoms with Gasteiger partial charge in [0.05, 0.1) is 5.69 Å². The van der Waals surface area contributed by atoms with E-state index in [9.17, 15) is 0 Å². The van der Waals surface area contributed by atoms with Crippen LogP contribution in [0.4, 0.5) is 5.82 Å². The van der Waals surface area contributed by atoms with Gasteiger partial charge in [-0.2, -0.15) is 0 Å². The second-order valence-corrected chi connectivity index (χ2v) is 2.39. The van der Waals surface area contributed by atoms with Crippen molar-refractivity contribution in [3.8, 4) is 0 Å². The Bertz CT molecular complexity index is 221. The fourth-order valence-corrected chi connectivity index (χ4v) is 0.738. The molecule has 0 aliphatic rings. The van der Waals surface area contributed by atoms with Gasteiger partial charge in [0, 0.05) is 0 Å². The normalized spacial score (nSPS) is 10.3. The van der Waals surface area contributed by atoms with E-state index < -0.39 is 0 Å². The van der Waals surface area contributed by atoms with Gasteiger partial charge < -0.3 is 5.73 Å². The van der Waals surface area contributed by atoms with Crippen molar-refractivity contribution in [3.05, 3.63) is 12.0 Å². The minimum Gasteiger partial charge on any atom is -0.381 e. The largest absolute Gasteiger partial charge is 0.381 e. The van der Waals surface area contributed by atoms with Gasteiger partial charge in [-0.3, -0.25) is 0 Å². The van der Waals surface area contributed by atoms with Crippen molar-refractivity contribution in [2.24, 2.45) is 0 Å². The second-order valence-electron chi connectivity index (χ2n) is 2.39. The lowest BCUT2D eigenvalue weighted by atomic mass is 10.1. The Morgan fingerprint density at radius 3 is 2.60 bits per heavy atom. The summed E-state index contributed by atoms with van der Waals surface area (Å²) in [5.74, 6) is 0.744. The molecule has 0 saturated carbocycles. The number of nitrogens with zero attached hydrogens (tertiary/aromatic N) is 3. The first-order valence-corrected chi connectivity index (χ1v) is 3.15. The summed E-state index contributed by atoms with van der Waals surface area (Å²) in [6.45, 7) is 4.03. The SMILES string of the molecule is CC(C)c1ncnnc1N. The molecular formula is C6H10N4. The molecule has 0 atom stereocenters. The van der Waals surface area contributed by atoms with Gasteiger partial charge in [0.25, 0.3) is 0 Å². The predicted molar refractivity (Wildman–Crippen MR) is 38.3 cm³/mol. The van der Waals surface area contributed by atoms with E-state index >= 15 is 0 Å². The third-order valence-electron chi connectivity index (χ3n) is 1.22. The topological polar surface area (TPSA) is 64.7 Å². The maximum atomic E-state index is 5.49. The van der Waals surface area contributed by atoms with Crippen molar-refractivity contribution in [2.75, 3.05) is 5.73 Å². The molecule has 1 heterocycles. The maximum absolute atomic E-state index is 5.49. The highest BCUT2D eigenvalue weighted by Crippen LogP contribution is 2.13. The minimum atomic E-state index is 0.315. The summed E-state index contributed by atoms with van der Waals surface area (Å²) in [4.78, 5) is 3.98. The van der Waals surface area contributed by atoms with Gasteiger partial charge in [0.15, 0.2) is 5.82 Å². The molecule has 4 nitrogen and oxygen atoms in total. The number of nitrogen functional groups attached to an aromatic ring is 1. The van der Waals surface area contributed by atoms with Gasteiger partial charge >= 0.3 is 0 Å². The van der Waals surface area contributed by atoms with Crippen LogP contribution in [0.3, 0.4) is 0 Å². The lowest BCUT2D eigenvalue weighted by molar-refractivity contribution is 0.793. The lowest BCUT2D eigenvalue weighted by Gasteiger charge is -2.03. The molecule has 0 bridgehead atoms. The maximum Gasteiger partial charge on any atom is 0.168 e. The highest BCUT2D eigenvalue weighted by Gasteiger charge is 2.04. The van der Waals surface area contributed by atoms with Crippen molar-refractivity contribution in [1.29, 1.82) is 0 Å². The van der Waals surface area contributed by atoms with Gasteiger partial charge in [-0.25, -0.2) is 4.98 Å². The molecule has 1 rings (SSSR count). The first-order valence-electron chi connectivity index (χ1n) is 3.15. The molecule has 1 aromatic heterocycles. The number of nitrogens with two attached hydrogens (primary N) is 1. The second kappa shape index (κ2) is 2.60. The van der Waals surface area contributed by atoms with Crippen LogP contribution in [0.2, 0.25) is 0 Å². The van der Waals surface area contributed by atoms with Crippen LogP contribution in [0.1, 0.15) is 25.5 Å². The Labute approximate surface area is 59.5 Å². The van der Waals surface area contributed by atoms with Crippen molar-refractivity contribution >= 4 is 5.82 Å². The lowest BCUT2D eigenvalue weighted by Crippen LogP contribution is -2.03. The molecule has 10 heavy (non-hydrogen) atoms. The van der Waals surface area contributed by atoms with Crippen molar-refractivity contribution in [1.82, 2.24) is 15.2 Å². The van der Waals surface area contributed by atoms with E-state index in [1.165, 1.54) is 6.33 Å². The Morgan fingerprint density at radius 2 is 2.20 bits per heavy atom. The minimum absolute atomic E-state index is 0.315. The highest BCUT2D eigenvalue weighted by atomic mass is 15.2. The number of aromatic nitrogens is 3. The van der Waals surface area contributed by atoms with E-state index in [1.807, 2.05) is 13.8 Å². The summed E-state index contributed by atoms with van der Waals surface area (Å²) >= 11 is 0. The van der Waals surface area contributed by atoms with Crippen LogP contribution >= 0.6 is 0 Å². The van der Waals surface area contributed by atoms with Gasteiger partial charge in [0.1, 0.15) is 6.33 Å². The molecular weight excluding hydrogens is 128 g/mol. The van der Waals surface area contributed by atoms with Gasteiger partial charge in [-0.1, -0.05) is 13.8 Å². The van der Waals surface area contributed by atoms with Crippen LogP contribution in [-0.4, -0.2) is 15.2 Å². The molecule has 2 N–H and O–H groups in total. The van der Waals surface area contributed by atoms with Crippen LogP contribution in [-0.2, 0) is 0 Å². The highest BCUT2D eigenvalue weighted by molar-refractivity contribution is 5.33. The van der Waals surface area contributed by atoms with E-state index in [1.54, 1.807) is 0 Å². The zero-order valence-corrected chi connectivity index (χ0v) is 6.07. The first-order chi connectivity index (χ1) is 4.72. The van der Waals surface area contributed by atoms with Crippen LogP contribution in [0, 0.1) is 0 Å². The Balaban J connectivity index is 3.03. The molecule has 0 fully saturated rings. The van der Waals surface area contributed by atoms with Gasteiger partial charge in [0.2, 0.25) is 0 Å². The number of hydrogen-bond donors (Lipinski definition) is 1. The van der Waals surface area contributed by atoms with Gasteiger partial charge in [-0.05, 0) is 5.92 Å². The third-order valence-corrected chi connectivity index (χ3v) is 1.22. The molecule has 54 valence electrons. The van der Waals surface area contributed by atoms with Crippen LogP contribution < -0.4 is 5.73 Å². The summed E-state index contributed by atoms with van der Waals surface area (Å²) in [6, 6.07) is 0. The van der Waals surface area contributed by atoms with Crippen molar-refractivity contribution < 1.29 is 0 Å². The standard InChI is InChI=1S/C6H10N4/c1-4(2)5-6(7)10-9-3-8-5/h3-4H,1-2H3,(H2,7,10). The Kier molecular flexibility index (Phi) is 1.80. The van der Waals surface area contributed by atoms with Crippen LogP contribution in [0.5, 0.6) is 0 Å². The number of hydrogen-bond acceptors (Lipinski definition) is 4. The Morgan fingerprint density at radius 1 is 1.50 bits per heavy atom. The Hall–Kier alpha value is -1.19. The third kappa shape index (κ3) is 1.21. The molecule has 0 radical (unpaired) electrons. The first kappa shape index (κ1) is 6.92. The van der Waals surface area contributed by atoms with E-state index in [-0.39, 0.29) is 0 Å². The summed E-state index contributed by atoms with van der Waals surface area (Å²) in [5.41, 5.74) is 6.30. The van der Waals surface area contributed by atoms with Crippen molar-refractivity contribution in [2.45, 2.75) is 19.8 Å². The molecule has 0 aliphatic carbocycles. The van der Waals surface area contributed by atoms with Crippen LogP contribution in [0.15, 0.2) is 6.33 Å². The molecule has 0 aliphatic heterocycles. The quantitative estimate of drug-likeness (QED) is 0.616. The number of anilines is 1. The molecule has 4 heteroatoms. The molecule has 0 saturated heterocycles. The fourth-order valence-electron chi connectivity index (χ4n) is 0.738. The molecule has 0 spiro atoms. The van der Waals surface area contributed by atoms with E-state index in [4.69, 9.17) is 5.73 Å². The van der Waals surface area contributed by atoms with Crippen LogP contribution in [0.25, 0.3) is 0 Å². The van der Waals surface area contributed by atoms with E-state index in [2.05, 4.69) is 15.2 Å². The van der Waals surface area contributed by atoms with E-state index in [0.29, 0.717) is 11.7 Å². The molecule has 0 unspecified atom stereocenters. The smallest absolute Gasteiger partial charge is 0.168 e. The summed E-state index contributed by atoms with van der Waals surface area (Å²) in [5, 5.41) is 7.21.